The predicted octanol–water partition coefficient (Wildman–Crippen LogP) is 0.504. The SMILES string of the molecule is Cc1ncc2c(n1)NC(=O)C(C)O2. The van der Waals surface area contributed by atoms with E-state index < -0.39 is 6.10 Å². The zero-order chi connectivity index (χ0) is 9.42. The minimum absolute atomic E-state index is 0.175. The predicted molar refractivity (Wildman–Crippen MR) is 45.5 cm³/mol. The number of fused-ring (bicyclic) bond motifs is 1. The molecular weight excluding hydrogens is 170 g/mol. The molecule has 0 radical (unpaired) electrons. The second kappa shape index (κ2) is 2.69. The summed E-state index contributed by atoms with van der Waals surface area (Å²) in [5.74, 6) is 1.41. The Labute approximate surface area is 75.1 Å². The van der Waals surface area contributed by atoms with Gasteiger partial charge in [-0.15, -0.1) is 0 Å². The maximum atomic E-state index is 11.2. The van der Waals surface area contributed by atoms with Gasteiger partial charge < -0.3 is 10.1 Å². The van der Waals surface area contributed by atoms with Crippen molar-refractivity contribution in [2.45, 2.75) is 20.0 Å². The lowest BCUT2D eigenvalue weighted by atomic mass is 10.3. The summed E-state index contributed by atoms with van der Waals surface area (Å²) in [6.45, 7) is 3.43. The van der Waals surface area contributed by atoms with Gasteiger partial charge in [-0.3, -0.25) is 4.79 Å². The van der Waals surface area contributed by atoms with Crippen molar-refractivity contribution < 1.29 is 9.53 Å². The van der Waals surface area contributed by atoms with Gasteiger partial charge in [0.1, 0.15) is 5.82 Å². The lowest BCUT2D eigenvalue weighted by Gasteiger charge is -2.21. The number of hydrogen-bond acceptors (Lipinski definition) is 4. The topological polar surface area (TPSA) is 64.1 Å². The van der Waals surface area contributed by atoms with Crippen molar-refractivity contribution >= 4 is 11.7 Å². The van der Waals surface area contributed by atoms with Crippen LogP contribution in [-0.2, 0) is 4.79 Å². The molecule has 0 saturated heterocycles. The Hall–Kier alpha value is -1.65. The Bertz CT molecular complexity index is 364. The van der Waals surface area contributed by atoms with Crippen LogP contribution in [-0.4, -0.2) is 22.0 Å². The fourth-order valence-corrected chi connectivity index (χ4v) is 1.10. The van der Waals surface area contributed by atoms with E-state index >= 15 is 0 Å². The number of amides is 1. The number of aromatic nitrogens is 2. The molecule has 0 saturated carbocycles. The average Bonchev–Trinajstić information content (AvgIpc) is 2.08. The lowest BCUT2D eigenvalue weighted by molar-refractivity contribution is -0.122. The highest BCUT2D eigenvalue weighted by Gasteiger charge is 2.24. The molecule has 1 aliphatic heterocycles. The molecule has 0 aliphatic carbocycles. The molecule has 0 fully saturated rings. The first kappa shape index (κ1) is 7.97. The minimum atomic E-state index is -0.473. The van der Waals surface area contributed by atoms with Crippen molar-refractivity contribution in [2.24, 2.45) is 0 Å². The highest BCUT2D eigenvalue weighted by Crippen LogP contribution is 2.25. The zero-order valence-electron chi connectivity index (χ0n) is 7.37. The molecule has 5 heteroatoms. The summed E-state index contributed by atoms with van der Waals surface area (Å²) in [5.41, 5.74) is 0. The summed E-state index contributed by atoms with van der Waals surface area (Å²) < 4.78 is 5.26. The molecule has 2 heterocycles. The van der Waals surface area contributed by atoms with E-state index in [-0.39, 0.29) is 5.91 Å². The van der Waals surface area contributed by atoms with Crippen LogP contribution in [0.1, 0.15) is 12.7 Å². The van der Waals surface area contributed by atoms with Crippen molar-refractivity contribution in [2.75, 3.05) is 5.32 Å². The second-order valence-corrected chi connectivity index (χ2v) is 2.88. The van der Waals surface area contributed by atoms with Crippen molar-refractivity contribution in [3.05, 3.63) is 12.0 Å². The quantitative estimate of drug-likeness (QED) is 0.630. The Morgan fingerprint density at radius 2 is 2.38 bits per heavy atom. The molecule has 5 nitrogen and oxygen atoms in total. The average molecular weight is 179 g/mol. The van der Waals surface area contributed by atoms with Crippen LogP contribution in [0, 0.1) is 6.92 Å². The largest absolute Gasteiger partial charge is 0.475 e. The molecule has 0 bridgehead atoms. The van der Waals surface area contributed by atoms with E-state index in [1.54, 1.807) is 20.0 Å². The number of rotatable bonds is 0. The summed E-state index contributed by atoms with van der Waals surface area (Å²) in [4.78, 5) is 19.2. The van der Waals surface area contributed by atoms with Gasteiger partial charge in [0.05, 0.1) is 6.20 Å². The van der Waals surface area contributed by atoms with Crippen LogP contribution in [0.5, 0.6) is 5.75 Å². The van der Waals surface area contributed by atoms with Gasteiger partial charge in [-0.2, -0.15) is 0 Å². The third-order valence-electron chi connectivity index (χ3n) is 1.79. The molecule has 0 aromatic carbocycles. The molecule has 1 aliphatic rings. The van der Waals surface area contributed by atoms with Gasteiger partial charge in [0, 0.05) is 0 Å². The first-order valence-electron chi connectivity index (χ1n) is 3.98. The maximum absolute atomic E-state index is 11.2. The fraction of sp³-hybridized carbons (Fsp3) is 0.375. The van der Waals surface area contributed by atoms with Crippen LogP contribution < -0.4 is 10.1 Å². The minimum Gasteiger partial charge on any atom is -0.475 e. The van der Waals surface area contributed by atoms with E-state index in [1.165, 1.54) is 0 Å². The van der Waals surface area contributed by atoms with Gasteiger partial charge in [0.15, 0.2) is 17.7 Å². The van der Waals surface area contributed by atoms with Gasteiger partial charge in [0.2, 0.25) is 0 Å². The first-order chi connectivity index (χ1) is 6.16. The Morgan fingerprint density at radius 3 is 3.15 bits per heavy atom. The van der Waals surface area contributed by atoms with Gasteiger partial charge in [-0.25, -0.2) is 9.97 Å². The van der Waals surface area contributed by atoms with E-state index in [4.69, 9.17) is 4.74 Å². The first-order valence-corrected chi connectivity index (χ1v) is 3.98. The van der Waals surface area contributed by atoms with Crippen molar-refractivity contribution in [1.29, 1.82) is 0 Å². The number of carbonyl (C=O) groups excluding carboxylic acids is 1. The number of nitrogens with one attached hydrogen (secondary N) is 1. The monoisotopic (exact) mass is 179 g/mol. The van der Waals surface area contributed by atoms with Crippen molar-refractivity contribution in [3.63, 3.8) is 0 Å². The van der Waals surface area contributed by atoms with E-state index in [1.807, 2.05) is 0 Å². The van der Waals surface area contributed by atoms with Crippen LogP contribution in [0.25, 0.3) is 0 Å². The number of ether oxygens (including phenoxy) is 1. The maximum Gasteiger partial charge on any atom is 0.266 e. The molecule has 0 spiro atoms. The van der Waals surface area contributed by atoms with Crippen LogP contribution >= 0.6 is 0 Å². The highest BCUT2D eigenvalue weighted by molar-refractivity contribution is 5.96. The van der Waals surface area contributed by atoms with E-state index in [0.717, 1.165) is 0 Å². The van der Waals surface area contributed by atoms with Crippen LogP contribution in [0.3, 0.4) is 0 Å². The number of aryl methyl sites for hydroxylation is 1. The molecule has 13 heavy (non-hydrogen) atoms. The van der Waals surface area contributed by atoms with E-state index in [2.05, 4.69) is 15.3 Å². The van der Waals surface area contributed by atoms with Gasteiger partial charge in [-0.1, -0.05) is 0 Å². The Kier molecular flexibility index (Phi) is 1.65. The van der Waals surface area contributed by atoms with Crippen LogP contribution in [0.4, 0.5) is 5.82 Å². The van der Waals surface area contributed by atoms with Gasteiger partial charge in [-0.05, 0) is 13.8 Å². The normalized spacial score (nSPS) is 20.2. The lowest BCUT2D eigenvalue weighted by Crippen LogP contribution is -2.35. The van der Waals surface area contributed by atoms with Gasteiger partial charge >= 0.3 is 0 Å². The molecule has 2 rings (SSSR count). The molecule has 1 N–H and O–H groups in total. The van der Waals surface area contributed by atoms with Gasteiger partial charge in [0.25, 0.3) is 5.91 Å². The number of nitrogens with zero attached hydrogens (tertiary/aromatic N) is 2. The van der Waals surface area contributed by atoms with E-state index in [0.29, 0.717) is 17.4 Å². The second-order valence-electron chi connectivity index (χ2n) is 2.88. The molecular formula is C8H9N3O2. The summed E-state index contributed by atoms with van der Waals surface area (Å²) in [5, 5.41) is 2.64. The molecule has 68 valence electrons. The Morgan fingerprint density at radius 1 is 1.62 bits per heavy atom. The van der Waals surface area contributed by atoms with Crippen molar-refractivity contribution in [1.82, 2.24) is 9.97 Å². The third kappa shape index (κ3) is 1.32. The zero-order valence-corrected chi connectivity index (χ0v) is 7.37. The fourth-order valence-electron chi connectivity index (χ4n) is 1.10. The number of hydrogen-bond donors (Lipinski definition) is 1. The summed E-state index contributed by atoms with van der Waals surface area (Å²) in [6, 6.07) is 0. The molecule has 1 unspecified atom stereocenters. The Balaban J connectivity index is 2.42. The van der Waals surface area contributed by atoms with Crippen LogP contribution in [0.15, 0.2) is 6.20 Å². The molecule has 1 atom stereocenters. The number of carbonyl (C=O) groups is 1. The van der Waals surface area contributed by atoms with Crippen molar-refractivity contribution in [3.8, 4) is 5.75 Å². The standard InChI is InChI=1S/C8H9N3O2/c1-4-8(12)11-7-6(13-4)3-9-5(2)10-7/h3-4H,1-2H3,(H,9,10,11,12). The van der Waals surface area contributed by atoms with E-state index in [9.17, 15) is 4.79 Å². The molecule has 1 aromatic heterocycles. The molecule has 1 aromatic rings. The highest BCUT2D eigenvalue weighted by atomic mass is 16.5. The summed E-state index contributed by atoms with van der Waals surface area (Å²) >= 11 is 0. The summed E-state index contributed by atoms with van der Waals surface area (Å²) in [6.07, 6.45) is 1.09. The summed E-state index contributed by atoms with van der Waals surface area (Å²) in [7, 11) is 0. The number of anilines is 1. The third-order valence-corrected chi connectivity index (χ3v) is 1.79. The van der Waals surface area contributed by atoms with Crippen LogP contribution in [0.2, 0.25) is 0 Å². The molecule has 1 amide bonds. The smallest absolute Gasteiger partial charge is 0.266 e.